The van der Waals surface area contributed by atoms with Crippen LogP contribution in [0.25, 0.3) is 12.2 Å². The molecule has 0 aliphatic rings. The van der Waals surface area contributed by atoms with Crippen LogP contribution in [0.3, 0.4) is 0 Å². The second kappa shape index (κ2) is 5.05. The van der Waals surface area contributed by atoms with Gasteiger partial charge in [-0.25, -0.2) is 4.98 Å². The van der Waals surface area contributed by atoms with Crippen molar-refractivity contribution in [3.05, 3.63) is 57.6 Å². The van der Waals surface area contributed by atoms with Gasteiger partial charge in [0.25, 0.3) is 0 Å². The molecule has 4 heteroatoms. The van der Waals surface area contributed by atoms with Crippen LogP contribution < -0.4 is 0 Å². The molecule has 0 aliphatic heterocycles. The second-order valence-corrected chi connectivity index (χ2v) is 4.04. The van der Waals surface area contributed by atoms with Gasteiger partial charge in [0, 0.05) is 16.9 Å². The van der Waals surface area contributed by atoms with Gasteiger partial charge in [-0.1, -0.05) is 29.8 Å². The van der Waals surface area contributed by atoms with Crippen molar-refractivity contribution in [2.45, 2.75) is 0 Å². The molecule has 0 saturated carbocycles. The van der Waals surface area contributed by atoms with E-state index in [1.54, 1.807) is 6.20 Å². The van der Waals surface area contributed by atoms with Gasteiger partial charge < -0.3 is 4.98 Å². The van der Waals surface area contributed by atoms with Crippen LogP contribution in [-0.4, -0.2) is 9.97 Å². The van der Waals surface area contributed by atoms with E-state index in [-0.39, 0.29) is 0 Å². The molecular formula is C12H9ClN2S. The third-order valence-electron chi connectivity index (χ3n) is 2.02. The molecule has 0 bridgehead atoms. The Labute approximate surface area is 104 Å². The number of hydrogen-bond donors (Lipinski definition) is 1. The summed E-state index contributed by atoms with van der Waals surface area (Å²) in [5.41, 5.74) is 2.01. The molecular weight excluding hydrogens is 240 g/mol. The molecule has 16 heavy (non-hydrogen) atoms. The Morgan fingerprint density at radius 3 is 2.56 bits per heavy atom. The number of rotatable bonds is 2. The lowest BCUT2D eigenvalue weighted by Crippen LogP contribution is -1.83. The lowest BCUT2D eigenvalue weighted by Gasteiger charge is -1.95. The molecule has 0 unspecified atom stereocenters. The van der Waals surface area contributed by atoms with E-state index in [9.17, 15) is 0 Å². The molecule has 1 N–H and O–H groups in total. The first kappa shape index (κ1) is 11.0. The molecule has 2 nitrogen and oxygen atoms in total. The fourth-order valence-electron chi connectivity index (χ4n) is 1.24. The lowest BCUT2D eigenvalue weighted by molar-refractivity contribution is 1.12. The van der Waals surface area contributed by atoms with Gasteiger partial charge >= 0.3 is 0 Å². The number of aromatic amines is 1. The zero-order valence-corrected chi connectivity index (χ0v) is 9.92. The number of nitrogens with one attached hydrogen (secondary N) is 1. The first-order chi connectivity index (χ1) is 7.74. The molecule has 2 rings (SSSR count). The molecule has 1 aromatic heterocycles. The Hall–Kier alpha value is -1.45. The highest BCUT2D eigenvalue weighted by Crippen LogP contribution is 2.11. The highest BCUT2D eigenvalue weighted by Gasteiger charge is 1.89. The van der Waals surface area contributed by atoms with Gasteiger partial charge in [-0.3, -0.25) is 0 Å². The molecule has 0 aliphatic carbocycles. The highest BCUT2D eigenvalue weighted by atomic mass is 35.5. The Kier molecular flexibility index (Phi) is 3.49. The summed E-state index contributed by atoms with van der Waals surface area (Å²) in [5.74, 6) is 0. The van der Waals surface area contributed by atoms with Gasteiger partial charge in [-0.05, 0) is 42.1 Å². The first-order valence-corrected chi connectivity index (χ1v) is 5.52. The fraction of sp³-hybridized carbons (Fsp3) is 0. The van der Waals surface area contributed by atoms with Gasteiger partial charge in [0.2, 0.25) is 0 Å². The minimum absolute atomic E-state index is 0.484. The molecule has 1 aromatic carbocycles. The van der Waals surface area contributed by atoms with E-state index in [2.05, 4.69) is 9.97 Å². The van der Waals surface area contributed by atoms with Crippen LogP contribution in [0.4, 0.5) is 0 Å². The second-order valence-electron chi connectivity index (χ2n) is 3.22. The summed E-state index contributed by atoms with van der Waals surface area (Å²) in [6, 6.07) is 9.48. The van der Waals surface area contributed by atoms with Crippen molar-refractivity contribution in [2.24, 2.45) is 0 Å². The van der Waals surface area contributed by atoms with Crippen molar-refractivity contribution in [3.63, 3.8) is 0 Å². The predicted octanol–water partition coefficient (Wildman–Crippen LogP) is 3.96. The first-order valence-electron chi connectivity index (χ1n) is 4.73. The minimum Gasteiger partial charge on any atom is -0.331 e. The summed E-state index contributed by atoms with van der Waals surface area (Å²) in [7, 11) is 0. The van der Waals surface area contributed by atoms with Crippen molar-refractivity contribution in [3.8, 4) is 0 Å². The minimum atomic E-state index is 0.484. The molecule has 1 heterocycles. The predicted molar refractivity (Wildman–Crippen MR) is 69.8 cm³/mol. The van der Waals surface area contributed by atoms with Crippen molar-refractivity contribution in [1.29, 1.82) is 0 Å². The largest absolute Gasteiger partial charge is 0.331 e. The van der Waals surface area contributed by atoms with Crippen LogP contribution >= 0.6 is 23.8 Å². The van der Waals surface area contributed by atoms with Crippen LogP contribution in [0.5, 0.6) is 0 Å². The van der Waals surface area contributed by atoms with Crippen molar-refractivity contribution < 1.29 is 0 Å². The summed E-state index contributed by atoms with van der Waals surface area (Å²) >= 11 is 10.7. The van der Waals surface area contributed by atoms with Crippen molar-refractivity contribution >= 4 is 36.0 Å². The monoisotopic (exact) mass is 248 g/mol. The number of benzene rings is 1. The summed E-state index contributed by atoms with van der Waals surface area (Å²) in [6.45, 7) is 0. The average Bonchev–Trinajstić information content (AvgIpc) is 2.28. The molecule has 0 saturated heterocycles. The van der Waals surface area contributed by atoms with E-state index in [0.717, 1.165) is 16.3 Å². The van der Waals surface area contributed by atoms with Crippen LogP contribution in [0, 0.1) is 4.77 Å². The van der Waals surface area contributed by atoms with Crippen LogP contribution in [-0.2, 0) is 0 Å². The Morgan fingerprint density at radius 2 is 1.88 bits per heavy atom. The number of H-pyrrole nitrogens is 1. The lowest BCUT2D eigenvalue weighted by atomic mass is 10.2. The number of aromatic nitrogens is 2. The SMILES string of the molecule is S=c1nccc(/C=C/c2ccc(Cl)cc2)[nH]1. The molecule has 80 valence electrons. The van der Waals surface area contributed by atoms with Crippen LogP contribution in [0.2, 0.25) is 5.02 Å². The molecule has 2 aromatic rings. The average molecular weight is 249 g/mol. The summed E-state index contributed by atoms with van der Waals surface area (Å²) in [4.78, 5) is 6.89. The zero-order valence-electron chi connectivity index (χ0n) is 8.35. The maximum atomic E-state index is 5.80. The topological polar surface area (TPSA) is 28.7 Å². The molecule has 0 fully saturated rings. The van der Waals surface area contributed by atoms with E-state index in [1.807, 2.05) is 42.5 Å². The van der Waals surface area contributed by atoms with Crippen LogP contribution in [0.1, 0.15) is 11.3 Å². The van der Waals surface area contributed by atoms with E-state index in [1.165, 1.54) is 0 Å². The number of halogens is 1. The highest BCUT2D eigenvalue weighted by molar-refractivity contribution is 7.71. The maximum absolute atomic E-state index is 5.80. The Balaban J connectivity index is 2.21. The standard InChI is InChI=1S/C12H9ClN2S/c13-10-4-1-9(2-5-10)3-6-11-7-8-14-12(16)15-11/h1-8H,(H,14,15,16)/b6-3+. The molecule has 0 radical (unpaired) electrons. The number of hydrogen-bond acceptors (Lipinski definition) is 2. The summed E-state index contributed by atoms with van der Waals surface area (Å²) in [5, 5.41) is 0.737. The smallest absolute Gasteiger partial charge is 0.197 e. The Morgan fingerprint density at radius 1 is 1.12 bits per heavy atom. The van der Waals surface area contributed by atoms with E-state index < -0.39 is 0 Å². The summed E-state index contributed by atoms with van der Waals surface area (Å²) < 4.78 is 0.484. The van der Waals surface area contributed by atoms with Crippen LogP contribution in [0.15, 0.2) is 36.5 Å². The normalized spacial score (nSPS) is 10.8. The fourth-order valence-corrected chi connectivity index (χ4v) is 1.54. The quantitative estimate of drug-likeness (QED) is 0.815. The third-order valence-corrected chi connectivity index (χ3v) is 2.48. The Bertz CT molecular complexity index is 558. The molecule has 0 atom stereocenters. The van der Waals surface area contributed by atoms with Crippen molar-refractivity contribution in [2.75, 3.05) is 0 Å². The van der Waals surface area contributed by atoms with Crippen molar-refractivity contribution in [1.82, 2.24) is 9.97 Å². The summed E-state index contributed by atoms with van der Waals surface area (Å²) in [6.07, 6.45) is 5.61. The van der Waals surface area contributed by atoms with Gasteiger partial charge in [-0.15, -0.1) is 0 Å². The van der Waals surface area contributed by atoms with E-state index in [0.29, 0.717) is 4.77 Å². The van der Waals surface area contributed by atoms with E-state index >= 15 is 0 Å². The number of nitrogens with zero attached hydrogens (tertiary/aromatic N) is 1. The maximum Gasteiger partial charge on any atom is 0.197 e. The van der Waals surface area contributed by atoms with Gasteiger partial charge in [0.05, 0.1) is 0 Å². The van der Waals surface area contributed by atoms with Gasteiger partial charge in [0.1, 0.15) is 0 Å². The third kappa shape index (κ3) is 3.02. The molecule has 0 spiro atoms. The molecule has 0 amide bonds. The van der Waals surface area contributed by atoms with E-state index in [4.69, 9.17) is 23.8 Å². The zero-order chi connectivity index (χ0) is 11.4. The van der Waals surface area contributed by atoms with Gasteiger partial charge in [0.15, 0.2) is 4.77 Å². The van der Waals surface area contributed by atoms with Gasteiger partial charge in [-0.2, -0.15) is 0 Å².